The molecule has 0 bridgehead atoms. The van der Waals surface area contributed by atoms with E-state index in [9.17, 15) is 20.3 Å². The van der Waals surface area contributed by atoms with Crippen molar-refractivity contribution in [2.75, 3.05) is 13.2 Å². The zero-order chi connectivity index (χ0) is 32.9. The highest BCUT2D eigenvalue weighted by molar-refractivity contribution is 6.34. The summed E-state index contributed by atoms with van der Waals surface area (Å²) in [6.07, 6.45) is -1.50. The van der Waals surface area contributed by atoms with Gasteiger partial charge in [-0.2, -0.15) is 5.26 Å². The second-order valence-corrected chi connectivity index (χ2v) is 13.3. The molecule has 2 heterocycles. The molecule has 2 aliphatic rings. The van der Waals surface area contributed by atoms with E-state index in [1.807, 2.05) is 12.1 Å². The minimum Gasteiger partial charge on any atom is -0.488 e. The number of rotatable bonds is 6. The van der Waals surface area contributed by atoms with Crippen molar-refractivity contribution in [1.29, 1.82) is 5.26 Å². The first-order valence-electron chi connectivity index (χ1n) is 14.6. The monoisotopic (exact) mass is 640 g/mol. The number of carbonyl (C=O) groups excluding carboxylic acids is 1. The van der Waals surface area contributed by atoms with Gasteiger partial charge < -0.3 is 24.4 Å². The molecule has 4 atom stereocenters. The number of hydrogen-bond acceptors (Lipinski definition) is 7. The van der Waals surface area contributed by atoms with Crippen LogP contribution in [0.25, 0.3) is 11.1 Å². The topological polar surface area (TPSA) is 112 Å². The average molecular weight is 641 g/mol. The summed E-state index contributed by atoms with van der Waals surface area (Å²) < 4.78 is 49.6. The number of halogens is 3. The fourth-order valence-electron chi connectivity index (χ4n) is 6.14. The Labute approximate surface area is 265 Å². The number of hydrogen-bond donors (Lipinski definition) is 2. The normalized spacial score (nSPS) is 23.2. The number of aliphatic hydroxyl groups excluding tert-OH is 1. The zero-order valence-corrected chi connectivity index (χ0v) is 26.4. The Morgan fingerprint density at radius 2 is 1.91 bits per heavy atom. The lowest BCUT2D eigenvalue weighted by Crippen LogP contribution is -2.53. The van der Waals surface area contributed by atoms with Gasteiger partial charge in [0.15, 0.2) is 17.2 Å². The second kappa shape index (κ2) is 11.8. The van der Waals surface area contributed by atoms with E-state index in [0.717, 1.165) is 6.07 Å². The number of ether oxygens (including phenoxy) is 3. The molecule has 238 valence electrons. The van der Waals surface area contributed by atoms with Crippen LogP contribution in [0.4, 0.5) is 13.6 Å². The third-order valence-electron chi connectivity index (χ3n) is 7.92. The van der Waals surface area contributed by atoms with Crippen molar-refractivity contribution < 1.29 is 38.0 Å². The van der Waals surface area contributed by atoms with E-state index in [1.165, 1.54) is 24.0 Å². The van der Waals surface area contributed by atoms with Crippen LogP contribution in [0.3, 0.4) is 0 Å². The number of nitrogens with zero attached hydrogens (tertiary/aromatic N) is 2. The minimum absolute atomic E-state index is 0.0230. The van der Waals surface area contributed by atoms with E-state index < -0.39 is 51.7 Å². The summed E-state index contributed by atoms with van der Waals surface area (Å²) in [4.78, 5) is 15.0. The Kier molecular flexibility index (Phi) is 8.51. The van der Waals surface area contributed by atoms with E-state index in [0.29, 0.717) is 11.1 Å². The predicted octanol–water partition coefficient (Wildman–Crippen LogP) is 6.51. The van der Waals surface area contributed by atoms with Gasteiger partial charge in [0.2, 0.25) is 0 Å². The van der Waals surface area contributed by atoms with Gasteiger partial charge in [-0.3, -0.25) is 4.90 Å². The summed E-state index contributed by atoms with van der Waals surface area (Å²) in [7, 11) is 0. The maximum absolute atomic E-state index is 16.2. The molecule has 1 amide bonds. The van der Waals surface area contributed by atoms with Crippen molar-refractivity contribution in [3.8, 4) is 28.7 Å². The smallest absolute Gasteiger partial charge is 0.410 e. The molecule has 1 saturated heterocycles. The Bertz CT molecular complexity index is 1670. The predicted molar refractivity (Wildman–Crippen MR) is 163 cm³/mol. The number of fused-ring (bicyclic) bond motifs is 1. The number of amides is 1. The highest BCUT2D eigenvalue weighted by atomic mass is 35.5. The maximum Gasteiger partial charge on any atom is 0.410 e. The van der Waals surface area contributed by atoms with E-state index in [2.05, 4.69) is 0 Å². The van der Waals surface area contributed by atoms with Crippen LogP contribution >= 0.6 is 11.6 Å². The maximum atomic E-state index is 16.2. The summed E-state index contributed by atoms with van der Waals surface area (Å²) >= 11 is 6.58. The number of β-amino-alcohol motifs (C(OH)–C–C–N with tert-alkyl or cyclic N) is 1. The molecule has 5 rings (SSSR count). The molecule has 1 fully saturated rings. The van der Waals surface area contributed by atoms with Crippen LogP contribution in [0.2, 0.25) is 5.02 Å². The summed E-state index contributed by atoms with van der Waals surface area (Å²) in [6, 6.07) is 13.8. The molecule has 0 saturated carbocycles. The number of likely N-dealkylation sites (tertiary alicyclic amines) is 1. The van der Waals surface area contributed by atoms with Gasteiger partial charge in [-0.15, -0.1) is 0 Å². The molecule has 0 aromatic heterocycles. The van der Waals surface area contributed by atoms with E-state index in [-0.39, 0.29) is 54.2 Å². The van der Waals surface area contributed by atoms with Gasteiger partial charge in [0.25, 0.3) is 0 Å². The lowest BCUT2D eigenvalue weighted by atomic mass is 9.78. The molecule has 0 radical (unpaired) electrons. The molecule has 0 spiro atoms. The molecule has 1 unspecified atom stereocenters. The van der Waals surface area contributed by atoms with Crippen LogP contribution in [-0.4, -0.2) is 57.7 Å². The Morgan fingerprint density at radius 1 is 1.22 bits per heavy atom. The first-order valence-corrected chi connectivity index (χ1v) is 15.0. The Hall–Kier alpha value is -3.91. The highest BCUT2D eigenvalue weighted by Crippen LogP contribution is 2.54. The molecular formula is C34H35ClF2N2O6. The lowest BCUT2D eigenvalue weighted by Gasteiger charge is -2.40. The zero-order valence-electron chi connectivity index (χ0n) is 25.7. The number of benzene rings is 3. The van der Waals surface area contributed by atoms with Crippen molar-refractivity contribution in [2.45, 2.75) is 76.4 Å². The van der Waals surface area contributed by atoms with Gasteiger partial charge in [0.1, 0.15) is 23.8 Å². The average Bonchev–Trinajstić information content (AvgIpc) is 3.51. The van der Waals surface area contributed by atoms with E-state index >= 15 is 8.78 Å². The standard InChI is InChI=1S/C34H35ClF2N2O6/c1-19(40)17-43-24-12-11-20(16-38)27(30(24)37)28-22-14-34(21-9-7-6-8-10-21,44-25(22)13-23(36)29(28)35)26-15-33(5,42)18-39(26)31(41)45-32(2,3)4/h6-13,19,26,40,42H,14-15,17-18H2,1-5H3/t19-,26-,33+,34?/m0/s1. The van der Waals surface area contributed by atoms with Crippen molar-refractivity contribution >= 4 is 17.7 Å². The fourth-order valence-corrected chi connectivity index (χ4v) is 6.40. The van der Waals surface area contributed by atoms with Crippen LogP contribution < -0.4 is 9.47 Å². The largest absolute Gasteiger partial charge is 0.488 e. The molecule has 3 aromatic rings. The molecule has 45 heavy (non-hydrogen) atoms. The van der Waals surface area contributed by atoms with Crippen LogP contribution in [0.1, 0.15) is 57.7 Å². The van der Waals surface area contributed by atoms with E-state index in [4.69, 9.17) is 25.8 Å². The van der Waals surface area contributed by atoms with Gasteiger partial charge in [0, 0.05) is 35.6 Å². The molecule has 3 aromatic carbocycles. The Balaban J connectivity index is 1.72. The third kappa shape index (κ3) is 6.17. The quantitative estimate of drug-likeness (QED) is 0.316. The Morgan fingerprint density at radius 3 is 2.53 bits per heavy atom. The van der Waals surface area contributed by atoms with Gasteiger partial charge >= 0.3 is 6.09 Å². The summed E-state index contributed by atoms with van der Waals surface area (Å²) in [5.74, 6) is -2.07. The highest BCUT2D eigenvalue weighted by Gasteiger charge is 2.58. The SMILES string of the molecule is C[C@H](O)COc1ccc(C#N)c(-c2c(Cl)c(F)cc3c2CC(c2ccccc2)([C@@H]2C[C@@](C)(O)CN2C(=O)OC(C)(C)C)O3)c1F. The number of aliphatic hydroxyl groups is 2. The first kappa shape index (κ1) is 32.5. The first-order chi connectivity index (χ1) is 21.1. The van der Waals surface area contributed by atoms with Gasteiger partial charge in [-0.05, 0) is 52.3 Å². The van der Waals surface area contributed by atoms with Crippen LogP contribution in [0, 0.1) is 23.0 Å². The molecule has 2 N–H and O–H groups in total. The van der Waals surface area contributed by atoms with Gasteiger partial charge in [0.05, 0.1) is 40.9 Å². The fraction of sp³-hybridized carbons (Fsp3) is 0.412. The van der Waals surface area contributed by atoms with Crippen molar-refractivity contribution in [2.24, 2.45) is 0 Å². The third-order valence-corrected chi connectivity index (χ3v) is 8.29. The van der Waals surface area contributed by atoms with E-state index in [1.54, 1.807) is 52.0 Å². The van der Waals surface area contributed by atoms with Crippen molar-refractivity contribution in [3.05, 3.63) is 81.9 Å². The second-order valence-electron chi connectivity index (χ2n) is 13.0. The summed E-state index contributed by atoms with van der Waals surface area (Å²) in [6.45, 7) is 8.01. The summed E-state index contributed by atoms with van der Waals surface area (Å²) in [5, 5.41) is 30.5. The molecule has 11 heteroatoms. The molecule has 2 aliphatic heterocycles. The van der Waals surface area contributed by atoms with Crippen LogP contribution in [-0.2, 0) is 16.8 Å². The van der Waals surface area contributed by atoms with Gasteiger partial charge in [-0.25, -0.2) is 13.6 Å². The lowest BCUT2D eigenvalue weighted by molar-refractivity contribution is -0.0216. The summed E-state index contributed by atoms with van der Waals surface area (Å²) in [5.41, 5.74) is -3.10. The molecular weight excluding hydrogens is 606 g/mol. The molecule has 0 aliphatic carbocycles. The minimum atomic E-state index is -1.39. The van der Waals surface area contributed by atoms with Crippen LogP contribution in [0.15, 0.2) is 48.5 Å². The van der Waals surface area contributed by atoms with Gasteiger partial charge in [-0.1, -0.05) is 41.9 Å². The van der Waals surface area contributed by atoms with Crippen molar-refractivity contribution in [3.63, 3.8) is 0 Å². The number of carbonyl (C=O) groups is 1. The van der Waals surface area contributed by atoms with Crippen molar-refractivity contribution in [1.82, 2.24) is 4.90 Å². The number of nitriles is 1. The molecule has 8 nitrogen and oxygen atoms in total. The van der Waals surface area contributed by atoms with Crippen LogP contribution in [0.5, 0.6) is 11.5 Å².